The molecule has 1 heterocycles. The first-order chi connectivity index (χ1) is 8.96. The van der Waals surface area contributed by atoms with Gasteiger partial charge >= 0.3 is 0 Å². The van der Waals surface area contributed by atoms with Crippen molar-refractivity contribution in [1.82, 2.24) is 10.0 Å². The minimum absolute atomic E-state index is 0.151. The highest BCUT2D eigenvalue weighted by Crippen LogP contribution is 2.29. The summed E-state index contributed by atoms with van der Waals surface area (Å²) < 4.78 is 27.5. The highest BCUT2D eigenvalue weighted by atomic mass is 32.2. The third-order valence-corrected chi connectivity index (χ3v) is 6.19. The molecular formula is C14H28N2O2S. The summed E-state index contributed by atoms with van der Waals surface area (Å²) in [6, 6.07) is 0.151. The van der Waals surface area contributed by atoms with Crippen LogP contribution < -0.4 is 10.0 Å². The largest absolute Gasteiger partial charge is 0.316 e. The predicted molar refractivity (Wildman–Crippen MR) is 78.5 cm³/mol. The summed E-state index contributed by atoms with van der Waals surface area (Å²) in [6.45, 7) is 6.31. The highest BCUT2D eigenvalue weighted by molar-refractivity contribution is 7.89. The van der Waals surface area contributed by atoms with Crippen LogP contribution in [0.25, 0.3) is 0 Å². The van der Waals surface area contributed by atoms with Crippen LogP contribution in [-0.2, 0) is 10.0 Å². The molecule has 2 fully saturated rings. The van der Waals surface area contributed by atoms with E-state index in [9.17, 15) is 8.42 Å². The molecule has 0 amide bonds. The summed E-state index contributed by atoms with van der Waals surface area (Å²) in [5, 5.41) is 3.28. The van der Waals surface area contributed by atoms with Crippen LogP contribution in [0.4, 0.5) is 0 Å². The molecule has 2 rings (SSSR count). The Labute approximate surface area is 117 Å². The number of rotatable bonds is 4. The molecule has 1 saturated heterocycles. The van der Waals surface area contributed by atoms with Crippen LogP contribution >= 0.6 is 0 Å². The topological polar surface area (TPSA) is 58.2 Å². The molecule has 4 unspecified atom stereocenters. The molecule has 0 bridgehead atoms. The maximum Gasteiger partial charge on any atom is 0.212 e. The van der Waals surface area contributed by atoms with Gasteiger partial charge in [0.2, 0.25) is 10.0 Å². The zero-order valence-corrected chi connectivity index (χ0v) is 13.0. The van der Waals surface area contributed by atoms with E-state index in [4.69, 9.17) is 0 Å². The van der Waals surface area contributed by atoms with E-state index in [1.807, 2.05) is 0 Å². The standard InChI is InChI=1S/C14H28N2O2S/c1-11-5-6-14(12(2)8-11)16-19(17,18)10-13-4-3-7-15-9-13/h11-16H,3-10H2,1-2H3. The Morgan fingerprint density at radius 2 is 2.00 bits per heavy atom. The smallest absolute Gasteiger partial charge is 0.212 e. The maximum absolute atomic E-state index is 12.3. The lowest BCUT2D eigenvalue weighted by molar-refractivity contribution is 0.249. The van der Waals surface area contributed by atoms with Gasteiger partial charge in [0, 0.05) is 6.04 Å². The summed E-state index contributed by atoms with van der Waals surface area (Å²) >= 11 is 0. The quantitative estimate of drug-likeness (QED) is 0.828. The molecule has 1 aliphatic carbocycles. The number of nitrogens with one attached hydrogen (secondary N) is 2. The van der Waals surface area contributed by atoms with Crippen LogP contribution in [0.2, 0.25) is 0 Å². The fourth-order valence-electron chi connectivity index (χ4n) is 3.50. The van der Waals surface area contributed by atoms with Gasteiger partial charge in [0.25, 0.3) is 0 Å². The second-order valence-electron chi connectivity index (χ2n) is 6.61. The van der Waals surface area contributed by atoms with Gasteiger partial charge in [0.05, 0.1) is 5.75 Å². The van der Waals surface area contributed by atoms with Gasteiger partial charge in [-0.25, -0.2) is 13.1 Å². The maximum atomic E-state index is 12.3. The van der Waals surface area contributed by atoms with Crippen LogP contribution in [0, 0.1) is 17.8 Å². The van der Waals surface area contributed by atoms with Crippen LogP contribution in [0.5, 0.6) is 0 Å². The van der Waals surface area contributed by atoms with Gasteiger partial charge in [0.1, 0.15) is 0 Å². The average molecular weight is 288 g/mol. The lowest BCUT2D eigenvalue weighted by Crippen LogP contribution is -2.45. The summed E-state index contributed by atoms with van der Waals surface area (Å²) in [5.41, 5.74) is 0. The Kier molecular flexibility index (Phi) is 5.26. The molecule has 19 heavy (non-hydrogen) atoms. The van der Waals surface area contributed by atoms with Crippen molar-refractivity contribution in [2.24, 2.45) is 17.8 Å². The number of hydrogen-bond donors (Lipinski definition) is 2. The van der Waals surface area contributed by atoms with E-state index in [1.54, 1.807) is 0 Å². The van der Waals surface area contributed by atoms with Crippen LogP contribution in [0.15, 0.2) is 0 Å². The van der Waals surface area contributed by atoms with Crippen molar-refractivity contribution in [3.63, 3.8) is 0 Å². The summed E-state index contributed by atoms with van der Waals surface area (Å²) in [4.78, 5) is 0. The summed E-state index contributed by atoms with van der Waals surface area (Å²) in [6.07, 6.45) is 5.40. The van der Waals surface area contributed by atoms with E-state index in [2.05, 4.69) is 23.9 Å². The van der Waals surface area contributed by atoms with Gasteiger partial charge in [-0.2, -0.15) is 0 Å². The first kappa shape index (κ1) is 15.3. The van der Waals surface area contributed by atoms with Crippen LogP contribution in [-0.4, -0.2) is 33.3 Å². The van der Waals surface area contributed by atoms with E-state index >= 15 is 0 Å². The summed E-state index contributed by atoms with van der Waals surface area (Å²) in [5.74, 6) is 1.77. The SMILES string of the molecule is CC1CCC(NS(=O)(=O)CC2CCCNC2)C(C)C1. The Balaban J connectivity index is 1.86. The minimum Gasteiger partial charge on any atom is -0.316 e. The average Bonchev–Trinajstić information content (AvgIpc) is 2.33. The van der Waals surface area contributed by atoms with E-state index < -0.39 is 10.0 Å². The van der Waals surface area contributed by atoms with Gasteiger partial charge < -0.3 is 5.32 Å². The molecule has 4 atom stereocenters. The molecule has 4 nitrogen and oxygen atoms in total. The van der Waals surface area contributed by atoms with Gasteiger partial charge in [-0.3, -0.25) is 0 Å². The van der Waals surface area contributed by atoms with E-state index in [1.165, 1.54) is 0 Å². The van der Waals surface area contributed by atoms with E-state index in [0.717, 1.165) is 51.1 Å². The lowest BCUT2D eigenvalue weighted by Gasteiger charge is -2.33. The number of sulfonamides is 1. The fourth-order valence-corrected chi connectivity index (χ4v) is 5.31. The van der Waals surface area contributed by atoms with Gasteiger partial charge in [-0.1, -0.05) is 13.8 Å². The Morgan fingerprint density at radius 1 is 1.21 bits per heavy atom. The van der Waals surface area contributed by atoms with E-state index in [-0.39, 0.29) is 12.0 Å². The highest BCUT2D eigenvalue weighted by Gasteiger charge is 2.30. The molecule has 0 spiro atoms. The normalized spacial score (nSPS) is 37.2. The third kappa shape index (κ3) is 4.72. The number of piperidine rings is 1. The van der Waals surface area contributed by atoms with Crippen molar-refractivity contribution in [2.45, 2.75) is 52.0 Å². The first-order valence-electron chi connectivity index (χ1n) is 7.67. The lowest BCUT2D eigenvalue weighted by atomic mass is 9.80. The zero-order valence-electron chi connectivity index (χ0n) is 12.2. The molecule has 112 valence electrons. The van der Waals surface area contributed by atoms with Crippen molar-refractivity contribution < 1.29 is 8.42 Å². The number of hydrogen-bond acceptors (Lipinski definition) is 3. The molecule has 0 aromatic carbocycles. The molecule has 0 aromatic rings. The molecule has 2 N–H and O–H groups in total. The molecule has 5 heteroatoms. The van der Waals surface area contributed by atoms with Crippen molar-refractivity contribution in [3.05, 3.63) is 0 Å². The molecule has 1 saturated carbocycles. The minimum atomic E-state index is -3.12. The Hall–Kier alpha value is -0.130. The fraction of sp³-hybridized carbons (Fsp3) is 1.00. The van der Waals surface area contributed by atoms with E-state index in [0.29, 0.717) is 11.7 Å². The van der Waals surface area contributed by atoms with Gasteiger partial charge in [-0.15, -0.1) is 0 Å². The second-order valence-corrected chi connectivity index (χ2v) is 8.41. The van der Waals surface area contributed by atoms with Crippen molar-refractivity contribution >= 4 is 10.0 Å². The molecule has 0 radical (unpaired) electrons. The predicted octanol–water partition coefficient (Wildman–Crippen LogP) is 1.73. The van der Waals surface area contributed by atoms with Crippen LogP contribution in [0.1, 0.15) is 46.0 Å². The summed E-state index contributed by atoms with van der Waals surface area (Å²) in [7, 11) is -3.12. The molecule has 2 aliphatic rings. The first-order valence-corrected chi connectivity index (χ1v) is 9.32. The monoisotopic (exact) mass is 288 g/mol. The van der Waals surface area contributed by atoms with Crippen molar-refractivity contribution in [2.75, 3.05) is 18.8 Å². The zero-order chi connectivity index (χ0) is 13.9. The van der Waals surface area contributed by atoms with Crippen LogP contribution in [0.3, 0.4) is 0 Å². The third-order valence-electron chi connectivity index (χ3n) is 4.62. The Morgan fingerprint density at radius 3 is 2.63 bits per heavy atom. The van der Waals surface area contributed by atoms with Crippen molar-refractivity contribution in [1.29, 1.82) is 0 Å². The molecule has 1 aliphatic heterocycles. The van der Waals surface area contributed by atoms with Crippen molar-refractivity contribution in [3.8, 4) is 0 Å². The van der Waals surface area contributed by atoms with Gasteiger partial charge in [-0.05, 0) is 62.9 Å². The van der Waals surface area contributed by atoms with Gasteiger partial charge in [0.15, 0.2) is 0 Å². The Bertz CT molecular complexity index is 377. The molecular weight excluding hydrogens is 260 g/mol. The molecule has 0 aromatic heterocycles. The second kappa shape index (κ2) is 6.55.